The van der Waals surface area contributed by atoms with Crippen LogP contribution in [0.15, 0.2) is 30.3 Å². The lowest BCUT2D eigenvalue weighted by molar-refractivity contribution is -0.0341. The first-order valence-corrected chi connectivity index (χ1v) is 7.39. The van der Waals surface area contributed by atoms with E-state index in [2.05, 4.69) is 56.4 Å². The number of hydrogen-bond donors (Lipinski definition) is 2. The number of nitrogens with one attached hydrogen (secondary N) is 1. The molecule has 19 heavy (non-hydrogen) atoms. The first-order valence-electron chi connectivity index (χ1n) is 7.39. The lowest BCUT2D eigenvalue weighted by Crippen LogP contribution is -2.47. The van der Waals surface area contributed by atoms with Crippen LogP contribution in [0.5, 0.6) is 0 Å². The Bertz CT molecular complexity index is 389. The molecule has 1 aliphatic carbocycles. The highest BCUT2D eigenvalue weighted by atomic mass is 16.3. The predicted molar refractivity (Wildman–Crippen MR) is 80.1 cm³/mol. The molecule has 2 rings (SSSR count). The zero-order valence-corrected chi connectivity index (χ0v) is 12.4. The molecule has 2 heteroatoms. The summed E-state index contributed by atoms with van der Waals surface area (Å²) in [5.74, 6) is 0. The molecular weight excluding hydrogens is 234 g/mol. The molecule has 0 amide bonds. The maximum Gasteiger partial charge on any atom is 0.0771 e. The van der Waals surface area contributed by atoms with Gasteiger partial charge in [-0.1, -0.05) is 51.1 Å². The third-order valence-electron chi connectivity index (χ3n) is 3.98. The number of hydrogen-bond acceptors (Lipinski definition) is 2. The largest absolute Gasteiger partial charge is 0.389 e. The summed E-state index contributed by atoms with van der Waals surface area (Å²) in [7, 11) is 0. The zero-order chi connectivity index (χ0) is 13.9. The molecule has 1 atom stereocenters. The van der Waals surface area contributed by atoms with Crippen molar-refractivity contribution in [3.05, 3.63) is 35.9 Å². The molecule has 0 bridgehead atoms. The predicted octanol–water partition coefficient (Wildman–Crippen LogP) is 3.67. The third kappa shape index (κ3) is 4.32. The van der Waals surface area contributed by atoms with Crippen molar-refractivity contribution in [2.45, 2.75) is 58.1 Å². The highest BCUT2D eigenvalue weighted by Gasteiger charge is 2.35. The molecule has 1 aromatic carbocycles. The van der Waals surface area contributed by atoms with Gasteiger partial charge in [-0.2, -0.15) is 0 Å². The van der Waals surface area contributed by atoms with E-state index in [0.717, 1.165) is 25.7 Å². The molecule has 0 saturated heterocycles. The molecule has 1 aromatic rings. The molecule has 0 aliphatic heterocycles. The summed E-state index contributed by atoms with van der Waals surface area (Å²) < 4.78 is 0. The average molecular weight is 261 g/mol. The minimum Gasteiger partial charge on any atom is -0.389 e. The maximum atomic E-state index is 10.2. The van der Waals surface area contributed by atoms with Crippen LogP contribution < -0.4 is 5.32 Å². The van der Waals surface area contributed by atoms with Crippen molar-refractivity contribution >= 4 is 0 Å². The Morgan fingerprint density at radius 2 is 1.84 bits per heavy atom. The minimum absolute atomic E-state index is 0.274. The van der Waals surface area contributed by atoms with Crippen LogP contribution in [0.2, 0.25) is 0 Å². The highest BCUT2D eigenvalue weighted by molar-refractivity contribution is 5.19. The molecule has 2 nitrogen and oxygen atoms in total. The van der Waals surface area contributed by atoms with E-state index < -0.39 is 5.60 Å². The zero-order valence-electron chi connectivity index (χ0n) is 12.4. The fourth-order valence-electron chi connectivity index (χ4n) is 2.68. The van der Waals surface area contributed by atoms with Gasteiger partial charge in [0.1, 0.15) is 0 Å². The number of rotatable bonds is 5. The van der Waals surface area contributed by atoms with Gasteiger partial charge in [-0.25, -0.2) is 0 Å². The maximum absolute atomic E-state index is 10.2. The Morgan fingerprint density at radius 1 is 1.21 bits per heavy atom. The normalized spacial score (nSPS) is 19.8. The summed E-state index contributed by atoms with van der Waals surface area (Å²) in [5, 5.41) is 13.8. The Morgan fingerprint density at radius 3 is 2.32 bits per heavy atom. The first kappa shape index (κ1) is 14.5. The molecule has 1 unspecified atom stereocenters. The molecule has 0 heterocycles. The van der Waals surface area contributed by atoms with Crippen LogP contribution in [0.1, 0.15) is 58.1 Å². The third-order valence-corrected chi connectivity index (χ3v) is 3.98. The van der Waals surface area contributed by atoms with Gasteiger partial charge in [-0.3, -0.25) is 0 Å². The van der Waals surface area contributed by atoms with Gasteiger partial charge in [0.15, 0.2) is 0 Å². The fraction of sp³-hybridized carbons (Fsp3) is 0.647. The van der Waals surface area contributed by atoms with Crippen LogP contribution in [0, 0.1) is 5.41 Å². The summed E-state index contributed by atoms with van der Waals surface area (Å²) in [6.07, 6.45) is 4.12. The minimum atomic E-state index is -0.453. The van der Waals surface area contributed by atoms with Crippen molar-refractivity contribution in [3.63, 3.8) is 0 Å². The van der Waals surface area contributed by atoms with Crippen LogP contribution in [0.3, 0.4) is 0 Å². The van der Waals surface area contributed by atoms with E-state index in [1.54, 1.807) is 0 Å². The van der Waals surface area contributed by atoms with Crippen LogP contribution in [0.4, 0.5) is 0 Å². The van der Waals surface area contributed by atoms with E-state index in [1.165, 1.54) is 5.56 Å². The van der Waals surface area contributed by atoms with Crippen LogP contribution >= 0.6 is 0 Å². The second-order valence-electron chi connectivity index (χ2n) is 7.19. The molecule has 1 aliphatic rings. The molecule has 2 N–H and O–H groups in total. The van der Waals surface area contributed by atoms with E-state index in [1.807, 2.05) is 0 Å². The lowest BCUT2D eigenvalue weighted by atomic mass is 9.79. The SMILES string of the molecule is CC(C)(C)CC(NCC1(O)CCC1)c1ccccc1. The lowest BCUT2D eigenvalue weighted by Gasteiger charge is -2.39. The van der Waals surface area contributed by atoms with Crippen LogP contribution in [-0.2, 0) is 0 Å². The molecule has 1 fully saturated rings. The summed E-state index contributed by atoms with van der Waals surface area (Å²) in [5.41, 5.74) is 1.14. The molecule has 0 spiro atoms. The van der Waals surface area contributed by atoms with Crippen molar-refractivity contribution in [1.82, 2.24) is 5.32 Å². The van der Waals surface area contributed by atoms with Crippen molar-refractivity contribution < 1.29 is 5.11 Å². The van der Waals surface area contributed by atoms with Gasteiger partial charge in [0.2, 0.25) is 0 Å². The second kappa shape index (κ2) is 5.64. The van der Waals surface area contributed by atoms with Gasteiger partial charge in [-0.15, -0.1) is 0 Å². The molecule has 106 valence electrons. The Hall–Kier alpha value is -0.860. The van der Waals surface area contributed by atoms with Gasteiger partial charge in [-0.05, 0) is 36.7 Å². The van der Waals surface area contributed by atoms with Gasteiger partial charge < -0.3 is 10.4 Å². The van der Waals surface area contributed by atoms with E-state index >= 15 is 0 Å². The molecular formula is C17H27NO. The van der Waals surface area contributed by atoms with Crippen molar-refractivity contribution in [2.75, 3.05) is 6.54 Å². The van der Waals surface area contributed by atoms with E-state index in [9.17, 15) is 5.11 Å². The van der Waals surface area contributed by atoms with E-state index in [0.29, 0.717) is 12.6 Å². The summed E-state index contributed by atoms with van der Waals surface area (Å²) in [6, 6.07) is 10.9. The van der Waals surface area contributed by atoms with Crippen LogP contribution in [0.25, 0.3) is 0 Å². The van der Waals surface area contributed by atoms with E-state index in [-0.39, 0.29) is 5.41 Å². The van der Waals surface area contributed by atoms with Crippen LogP contribution in [-0.4, -0.2) is 17.3 Å². The van der Waals surface area contributed by atoms with Crippen molar-refractivity contribution in [1.29, 1.82) is 0 Å². The summed E-state index contributed by atoms with van der Waals surface area (Å²) >= 11 is 0. The quantitative estimate of drug-likeness (QED) is 0.847. The standard InChI is InChI=1S/C17H27NO/c1-16(2,3)12-15(14-8-5-4-6-9-14)18-13-17(19)10-7-11-17/h4-6,8-9,15,18-19H,7,10-13H2,1-3H3. The summed E-state index contributed by atoms with van der Waals surface area (Å²) in [4.78, 5) is 0. The fourth-order valence-corrected chi connectivity index (χ4v) is 2.68. The number of aliphatic hydroxyl groups is 1. The highest BCUT2D eigenvalue weighted by Crippen LogP contribution is 2.33. The van der Waals surface area contributed by atoms with Gasteiger partial charge in [0.25, 0.3) is 0 Å². The van der Waals surface area contributed by atoms with Crippen molar-refractivity contribution in [3.8, 4) is 0 Å². The smallest absolute Gasteiger partial charge is 0.0771 e. The van der Waals surface area contributed by atoms with Gasteiger partial charge in [0.05, 0.1) is 5.60 Å². The average Bonchev–Trinajstić information content (AvgIpc) is 2.32. The summed E-state index contributed by atoms with van der Waals surface area (Å²) in [6.45, 7) is 7.51. The molecule has 0 aromatic heterocycles. The van der Waals surface area contributed by atoms with Gasteiger partial charge in [0, 0.05) is 12.6 Å². The molecule has 1 saturated carbocycles. The Kier molecular flexibility index (Phi) is 4.32. The Labute approximate surface area is 117 Å². The Balaban J connectivity index is 2.02. The van der Waals surface area contributed by atoms with Gasteiger partial charge >= 0.3 is 0 Å². The monoisotopic (exact) mass is 261 g/mol. The number of benzene rings is 1. The van der Waals surface area contributed by atoms with E-state index in [4.69, 9.17) is 0 Å². The first-order chi connectivity index (χ1) is 8.88. The molecule has 0 radical (unpaired) electrons. The topological polar surface area (TPSA) is 32.3 Å². The second-order valence-corrected chi connectivity index (χ2v) is 7.19. The van der Waals surface area contributed by atoms with Crippen molar-refractivity contribution in [2.24, 2.45) is 5.41 Å².